The molecule has 1 aliphatic rings. The van der Waals surface area contributed by atoms with Gasteiger partial charge in [-0.2, -0.15) is 0 Å². The number of imidazole rings is 1. The normalized spacial score (nSPS) is 21.8. The topological polar surface area (TPSA) is 21.1 Å². The second-order valence-electron chi connectivity index (χ2n) is 6.10. The molecule has 3 nitrogen and oxygen atoms in total. The van der Waals surface area contributed by atoms with Crippen LogP contribution in [0.1, 0.15) is 31.0 Å². The molecule has 0 spiro atoms. The molecule has 114 valence electrons. The molecule has 0 amide bonds. The number of piperidine rings is 1. The van der Waals surface area contributed by atoms with E-state index >= 15 is 0 Å². The smallest absolute Gasteiger partial charge is 0.127 e. The highest BCUT2D eigenvalue weighted by molar-refractivity contribution is 6.20. The fraction of sp³-hybridized carbons (Fsp3) is 0.562. The summed E-state index contributed by atoms with van der Waals surface area (Å²) in [4.78, 5) is 6.95. The van der Waals surface area contributed by atoms with Gasteiger partial charge in [0.2, 0.25) is 0 Å². The lowest BCUT2D eigenvalue weighted by atomic mass is 9.98. The summed E-state index contributed by atoms with van der Waals surface area (Å²) in [5, 5.41) is -0.179. The number of rotatable bonds is 3. The lowest BCUT2D eigenvalue weighted by Crippen LogP contribution is -2.34. The van der Waals surface area contributed by atoms with Gasteiger partial charge in [-0.3, -0.25) is 0 Å². The molecule has 0 bridgehead atoms. The largest absolute Gasteiger partial charge is 0.326 e. The van der Waals surface area contributed by atoms with Gasteiger partial charge in [0.15, 0.2) is 0 Å². The van der Waals surface area contributed by atoms with Gasteiger partial charge in [0.1, 0.15) is 11.6 Å². The third-order valence-corrected chi connectivity index (χ3v) is 4.45. The van der Waals surface area contributed by atoms with Crippen molar-refractivity contribution in [3.8, 4) is 0 Å². The molecule has 2 unspecified atom stereocenters. The van der Waals surface area contributed by atoms with Gasteiger partial charge in [-0.15, -0.1) is 11.6 Å². The first-order valence-electron chi connectivity index (χ1n) is 7.53. The van der Waals surface area contributed by atoms with E-state index < -0.39 is 0 Å². The zero-order chi connectivity index (χ0) is 15.0. The Labute approximate surface area is 129 Å². The van der Waals surface area contributed by atoms with Crippen LogP contribution in [-0.4, -0.2) is 34.6 Å². The fourth-order valence-electron chi connectivity index (χ4n) is 3.29. The van der Waals surface area contributed by atoms with Gasteiger partial charge in [0, 0.05) is 13.1 Å². The maximum absolute atomic E-state index is 13.6. The molecule has 1 fully saturated rings. The third kappa shape index (κ3) is 3.06. The minimum atomic E-state index is -0.224. The van der Waals surface area contributed by atoms with Crippen molar-refractivity contribution >= 4 is 22.6 Å². The highest BCUT2D eigenvalue weighted by Crippen LogP contribution is 2.28. The van der Waals surface area contributed by atoms with Crippen LogP contribution in [-0.2, 0) is 6.54 Å². The average Bonchev–Trinajstić information content (AvgIpc) is 2.77. The number of hydrogen-bond acceptors (Lipinski definition) is 2. The second-order valence-corrected chi connectivity index (χ2v) is 6.75. The zero-order valence-corrected chi connectivity index (χ0v) is 13.3. The first kappa shape index (κ1) is 14.8. The molecule has 1 saturated heterocycles. The number of alkyl halides is 1. The molecule has 2 heterocycles. The monoisotopic (exact) mass is 309 g/mol. The van der Waals surface area contributed by atoms with E-state index in [9.17, 15) is 4.39 Å². The molecule has 21 heavy (non-hydrogen) atoms. The van der Waals surface area contributed by atoms with Crippen LogP contribution in [0.4, 0.5) is 4.39 Å². The molecule has 0 radical (unpaired) electrons. The lowest BCUT2D eigenvalue weighted by molar-refractivity contribution is 0.194. The number of likely N-dealkylation sites (tertiary alicyclic amines) is 1. The Morgan fingerprint density at radius 2 is 2.29 bits per heavy atom. The molecule has 1 aliphatic heterocycles. The van der Waals surface area contributed by atoms with Gasteiger partial charge < -0.3 is 9.47 Å². The SMILES string of the molecule is CC(Cl)c1nc2ccc(F)cc2n1CC1CCCN(C)C1. The summed E-state index contributed by atoms with van der Waals surface area (Å²) in [7, 11) is 2.16. The van der Waals surface area contributed by atoms with E-state index in [1.54, 1.807) is 12.1 Å². The van der Waals surface area contributed by atoms with Crippen molar-refractivity contribution < 1.29 is 4.39 Å². The molecule has 0 N–H and O–H groups in total. The van der Waals surface area contributed by atoms with Crippen molar-refractivity contribution in [2.24, 2.45) is 5.92 Å². The number of nitrogens with zero attached hydrogens (tertiary/aromatic N) is 3. The predicted octanol–water partition coefficient (Wildman–Crippen LogP) is 3.82. The van der Waals surface area contributed by atoms with Gasteiger partial charge in [0.25, 0.3) is 0 Å². The van der Waals surface area contributed by atoms with Gasteiger partial charge >= 0.3 is 0 Å². The maximum atomic E-state index is 13.6. The molecule has 0 saturated carbocycles. The fourth-order valence-corrected chi connectivity index (χ4v) is 3.46. The second kappa shape index (κ2) is 5.93. The highest BCUT2D eigenvalue weighted by atomic mass is 35.5. The Kier molecular flexibility index (Phi) is 4.18. The third-order valence-electron chi connectivity index (χ3n) is 4.26. The number of aromatic nitrogens is 2. The molecular formula is C16H21ClFN3. The van der Waals surface area contributed by atoms with E-state index in [0.717, 1.165) is 36.5 Å². The van der Waals surface area contributed by atoms with E-state index in [1.165, 1.54) is 18.9 Å². The first-order valence-corrected chi connectivity index (χ1v) is 7.96. The Morgan fingerprint density at radius 1 is 1.48 bits per heavy atom. The van der Waals surface area contributed by atoms with Gasteiger partial charge in [0.05, 0.1) is 16.4 Å². The van der Waals surface area contributed by atoms with Crippen molar-refractivity contribution in [3.05, 3.63) is 29.8 Å². The number of hydrogen-bond donors (Lipinski definition) is 0. The summed E-state index contributed by atoms with van der Waals surface area (Å²) in [6, 6.07) is 4.76. The Bertz CT molecular complexity index is 638. The van der Waals surface area contributed by atoms with Crippen LogP contribution < -0.4 is 0 Å². The van der Waals surface area contributed by atoms with Gasteiger partial charge in [-0.25, -0.2) is 9.37 Å². The summed E-state index contributed by atoms with van der Waals surface area (Å²) in [5.41, 5.74) is 1.67. The number of halogens is 2. The van der Waals surface area contributed by atoms with E-state index in [1.807, 2.05) is 6.92 Å². The van der Waals surface area contributed by atoms with Crippen LogP contribution in [0.15, 0.2) is 18.2 Å². The number of fused-ring (bicyclic) bond motifs is 1. The van der Waals surface area contributed by atoms with E-state index in [4.69, 9.17) is 11.6 Å². The summed E-state index contributed by atoms with van der Waals surface area (Å²) in [6.07, 6.45) is 2.42. The van der Waals surface area contributed by atoms with Crippen LogP contribution in [0.3, 0.4) is 0 Å². The molecule has 5 heteroatoms. The van der Waals surface area contributed by atoms with Crippen LogP contribution >= 0.6 is 11.6 Å². The molecular weight excluding hydrogens is 289 g/mol. The Morgan fingerprint density at radius 3 is 3.00 bits per heavy atom. The number of benzene rings is 1. The minimum Gasteiger partial charge on any atom is -0.326 e. The standard InChI is InChI=1S/C16H21ClFN3/c1-11(17)16-19-14-6-5-13(18)8-15(14)21(16)10-12-4-3-7-20(2)9-12/h5-6,8,11-12H,3-4,7,9-10H2,1-2H3. The van der Waals surface area contributed by atoms with Crippen molar-refractivity contribution in [2.75, 3.05) is 20.1 Å². The molecule has 3 rings (SSSR count). The van der Waals surface area contributed by atoms with E-state index in [2.05, 4.69) is 21.5 Å². The summed E-state index contributed by atoms with van der Waals surface area (Å²) in [5.74, 6) is 1.18. The zero-order valence-electron chi connectivity index (χ0n) is 12.5. The molecule has 2 atom stereocenters. The highest BCUT2D eigenvalue weighted by Gasteiger charge is 2.22. The first-order chi connectivity index (χ1) is 10.0. The molecule has 0 aliphatic carbocycles. The van der Waals surface area contributed by atoms with E-state index in [0.29, 0.717) is 5.92 Å². The van der Waals surface area contributed by atoms with Crippen LogP contribution in [0, 0.1) is 11.7 Å². The Hall–Kier alpha value is -1.13. The Balaban J connectivity index is 1.98. The van der Waals surface area contributed by atoms with Crippen molar-refractivity contribution in [1.29, 1.82) is 0 Å². The lowest BCUT2D eigenvalue weighted by Gasteiger charge is -2.30. The average molecular weight is 310 g/mol. The summed E-state index contributed by atoms with van der Waals surface area (Å²) >= 11 is 6.28. The van der Waals surface area contributed by atoms with Crippen molar-refractivity contribution in [1.82, 2.24) is 14.5 Å². The predicted molar refractivity (Wildman–Crippen MR) is 84.2 cm³/mol. The van der Waals surface area contributed by atoms with Crippen molar-refractivity contribution in [3.63, 3.8) is 0 Å². The van der Waals surface area contributed by atoms with Crippen LogP contribution in [0.5, 0.6) is 0 Å². The maximum Gasteiger partial charge on any atom is 0.127 e. The summed E-state index contributed by atoms with van der Waals surface area (Å²) < 4.78 is 15.7. The quantitative estimate of drug-likeness (QED) is 0.804. The van der Waals surface area contributed by atoms with Crippen molar-refractivity contribution in [2.45, 2.75) is 31.7 Å². The molecule has 1 aromatic heterocycles. The minimum absolute atomic E-state index is 0.179. The summed E-state index contributed by atoms with van der Waals surface area (Å²) in [6.45, 7) is 5.01. The van der Waals surface area contributed by atoms with Gasteiger partial charge in [-0.1, -0.05) is 0 Å². The molecule has 2 aromatic rings. The van der Waals surface area contributed by atoms with Crippen LogP contribution in [0.2, 0.25) is 0 Å². The van der Waals surface area contributed by atoms with Gasteiger partial charge in [-0.05, 0) is 57.5 Å². The molecule has 1 aromatic carbocycles. The van der Waals surface area contributed by atoms with E-state index in [-0.39, 0.29) is 11.2 Å². The van der Waals surface area contributed by atoms with Crippen LogP contribution in [0.25, 0.3) is 11.0 Å².